The van der Waals surface area contributed by atoms with Gasteiger partial charge in [0, 0.05) is 13.1 Å². The average Bonchev–Trinajstić information content (AvgIpc) is 2.51. The molecule has 6 heteroatoms. The molecule has 22 heavy (non-hydrogen) atoms. The number of hydrogen-bond acceptors (Lipinski definition) is 3. The quantitative estimate of drug-likeness (QED) is 0.279. The highest BCUT2D eigenvalue weighted by Crippen LogP contribution is 2.27. The van der Waals surface area contributed by atoms with E-state index in [-0.39, 0.29) is 24.0 Å². The third kappa shape index (κ3) is 7.72. The number of nitrogens with two attached hydrogens (primary N) is 1. The summed E-state index contributed by atoms with van der Waals surface area (Å²) in [5, 5.41) is 3.13. The highest BCUT2D eigenvalue weighted by molar-refractivity contribution is 14.0. The number of aliphatic imine (C=N–C) groups is 1. The fourth-order valence-corrected chi connectivity index (χ4v) is 1.99. The van der Waals surface area contributed by atoms with E-state index in [1.165, 1.54) is 18.4 Å². The molecule has 0 aliphatic heterocycles. The minimum absolute atomic E-state index is 0. The van der Waals surface area contributed by atoms with Crippen molar-refractivity contribution in [3.05, 3.63) is 23.8 Å². The molecule has 0 saturated carbocycles. The lowest BCUT2D eigenvalue weighted by molar-refractivity contribution is 0.354. The summed E-state index contributed by atoms with van der Waals surface area (Å²) in [6.07, 6.45) is 4.34. The Bertz CT molecular complexity index is 453. The van der Waals surface area contributed by atoms with Crippen molar-refractivity contribution in [2.75, 3.05) is 27.3 Å². The second-order valence-corrected chi connectivity index (χ2v) is 4.84. The fourth-order valence-electron chi connectivity index (χ4n) is 1.99. The van der Waals surface area contributed by atoms with Crippen LogP contribution in [0.25, 0.3) is 0 Å². The van der Waals surface area contributed by atoms with Crippen LogP contribution in [0.3, 0.4) is 0 Å². The highest BCUT2D eigenvalue weighted by Gasteiger charge is 2.04. The molecule has 0 amide bonds. The molecule has 0 unspecified atom stereocenters. The normalized spacial score (nSPS) is 10.8. The topological polar surface area (TPSA) is 68.9 Å². The molecule has 1 aromatic carbocycles. The van der Waals surface area contributed by atoms with Gasteiger partial charge >= 0.3 is 0 Å². The molecule has 1 rings (SSSR count). The summed E-state index contributed by atoms with van der Waals surface area (Å²) < 4.78 is 10.5. The zero-order chi connectivity index (χ0) is 15.5. The van der Waals surface area contributed by atoms with Crippen LogP contribution in [0.15, 0.2) is 23.2 Å². The Morgan fingerprint density at radius 2 is 1.91 bits per heavy atom. The monoisotopic (exact) mass is 421 g/mol. The molecule has 0 spiro atoms. The van der Waals surface area contributed by atoms with Gasteiger partial charge in [-0.15, -0.1) is 24.0 Å². The first-order chi connectivity index (χ1) is 10.2. The van der Waals surface area contributed by atoms with Gasteiger partial charge in [0.2, 0.25) is 0 Å². The van der Waals surface area contributed by atoms with Crippen LogP contribution in [0.2, 0.25) is 0 Å². The highest BCUT2D eigenvalue weighted by atomic mass is 127. The summed E-state index contributed by atoms with van der Waals surface area (Å²) in [6, 6.07) is 5.92. The van der Waals surface area contributed by atoms with Crippen molar-refractivity contribution >= 4 is 29.9 Å². The van der Waals surface area contributed by atoms with E-state index in [9.17, 15) is 0 Å². The number of methoxy groups -OCH3 is 2. The van der Waals surface area contributed by atoms with E-state index in [2.05, 4.69) is 17.2 Å². The molecule has 0 saturated heterocycles. The van der Waals surface area contributed by atoms with E-state index in [4.69, 9.17) is 15.2 Å². The summed E-state index contributed by atoms with van der Waals surface area (Å²) in [7, 11) is 3.27. The molecule has 1 aromatic rings. The van der Waals surface area contributed by atoms with Gasteiger partial charge in [-0.3, -0.25) is 4.99 Å². The predicted octanol–water partition coefficient (Wildman–Crippen LogP) is 2.96. The Hall–Kier alpha value is -1.18. The van der Waals surface area contributed by atoms with Crippen molar-refractivity contribution in [3.8, 4) is 11.5 Å². The second-order valence-electron chi connectivity index (χ2n) is 4.84. The van der Waals surface area contributed by atoms with E-state index in [0.717, 1.165) is 37.4 Å². The number of guanidine groups is 1. The number of nitrogens with one attached hydrogen (secondary N) is 1. The van der Waals surface area contributed by atoms with Crippen LogP contribution in [-0.2, 0) is 6.42 Å². The van der Waals surface area contributed by atoms with Crippen molar-refractivity contribution in [2.24, 2.45) is 10.7 Å². The average molecular weight is 421 g/mol. The van der Waals surface area contributed by atoms with Crippen molar-refractivity contribution in [1.29, 1.82) is 0 Å². The maximum atomic E-state index is 5.82. The van der Waals surface area contributed by atoms with Crippen molar-refractivity contribution < 1.29 is 9.47 Å². The van der Waals surface area contributed by atoms with Gasteiger partial charge in [0.05, 0.1) is 14.2 Å². The van der Waals surface area contributed by atoms with Crippen molar-refractivity contribution in [3.63, 3.8) is 0 Å². The first-order valence-corrected chi connectivity index (χ1v) is 7.46. The number of nitrogens with zero attached hydrogens (tertiary/aromatic N) is 1. The minimum atomic E-state index is 0. The molecule has 0 atom stereocenters. The molecule has 126 valence electrons. The van der Waals surface area contributed by atoms with Crippen LogP contribution in [0.1, 0.15) is 31.7 Å². The maximum absolute atomic E-state index is 5.82. The van der Waals surface area contributed by atoms with Crippen molar-refractivity contribution in [2.45, 2.75) is 32.6 Å². The van der Waals surface area contributed by atoms with Crippen molar-refractivity contribution in [1.82, 2.24) is 5.32 Å². The Morgan fingerprint density at radius 1 is 1.18 bits per heavy atom. The van der Waals surface area contributed by atoms with Gasteiger partial charge in [0.1, 0.15) is 0 Å². The SMILES string of the molecule is CCCCCN=C(N)NCCc1ccc(OC)c(OC)c1.I. The van der Waals surface area contributed by atoms with E-state index >= 15 is 0 Å². The Morgan fingerprint density at radius 3 is 2.55 bits per heavy atom. The molecule has 0 bridgehead atoms. The summed E-state index contributed by atoms with van der Waals surface area (Å²) in [6.45, 7) is 3.72. The van der Waals surface area contributed by atoms with Gasteiger partial charge in [-0.2, -0.15) is 0 Å². The number of hydrogen-bond donors (Lipinski definition) is 2. The molecule has 0 radical (unpaired) electrons. The van der Waals surface area contributed by atoms with E-state index in [1.54, 1.807) is 14.2 Å². The Labute approximate surface area is 150 Å². The van der Waals surface area contributed by atoms with Gasteiger partial charge < -0.3 is 20.5 Å². The van der Waals surface area contributed by atoms with Gasteiger partial charge in [-0.25, -0.2) is 0 Å². The minimum Gasteiger partial charge on any atom is -0.493 e. The molecular weight excluding hydrogens is 393 g/mol. The van der Waals surface area contributed by atoms with E-state index < -0.39 is 0 Å². The van der Waals surface area contributed by atoms with E-state index in [0.29, 0.717) is 5.96 Å². The zero-order valence-corrected chi connectivity index (χ0v) is 16.1. The van der Waals surface area contributed by atoms with Gasteiger partial charge in [0.25, 0.3) is 0 Å². The molecule has 0 aromatic heterocycles. The summed E-state index contributed by atoms with van der Waals surface area (Å²) in [5.41, 5.74) is 6.98. The van der Waals surface area contributed by atoms with Crippen LogP contribution in [0, 0.1) is 0 Å². The van der Waals surface area contributed by atoms with Crippen LogP contribution in [-0.4, -0.2) is 33.3 Å². The van der Waals surface area contributed by atoms with Crippen LogP contribution >= 0.6 is 24.0 Å². The number of rotatable bonds is 9. The number of halogens is 1. The molecule has 5 nitrogen and oxygen atoms in total. The summed E-state index contributed by atoms with van der Waals surface area (Å²) >= 11 is 0. The van der Waals surface area contributed by atoms with Gasteiger partial charge in [0.15, 0.2) is 17.5 Å². The molecule has 0 fully saturated rings. The molecular formula is C16H28IN3O2. The Kier molecular flexibility index (Phi) is 11.7. The van der Waals surface area contributed by atoms with Crippen LogP contribution in [0.5, 0.6) is 11.5 Å². The molecule has 0 aliphatic rings. The first-order valence-electron chi connectivity index (χ1n) is 7.46. The Balaban J connectivity index is 0.00000441. The van der Waals surface area contributed by atoms with Gasteiger partial charge in [-0.05, 0) is 30.5 Å². The van der Waals surface area contributed by atoms with Gasteiger partial charge in [-0.1, -0.05) is 25.8 Å². The molecule has 3 N–H and O–H groups in total. The lowest BCUT2D eigenvalue weighted by Gasteiger charge is -2.10. The zero-order valence-electron chi connectivity index (χ0n) is 13.7. The lowest BCUT2D eigenvalue weighted by atomic mass is 10.1. The standard InChI is InChI=1S/C16H27N3O2.HI/c1-4-5-6-10-18-16(17)19-11-9-13-7-8-14(20-2)15(12-13)21-3;/h7-8,12H,4-6,9-11H2,1-3H3,(H3,17,18,19);1H. The third-order valence-corrected chi connectivity index (χ3v) is 3.21. The third-order valence-electron chi connectivity index (χ3n) is 3.21. The van der Waals surface area contributed by atoms with Crippen LogP contribution in [0.4, 0.5) is 0 Å². The van der Waals surface area contributed by atoms with E-state index in [1.807, 2.05) is 18.2 Å². The predicted molar refractivity (Wildman–Crippen MR) is 103 cm³/mol. The van der Waals surface area contributed by atoms with Crippen LogP contribution < -0.4 is 20.5 Å². The number of benzene rings is 1. The molecule has 0 aliphatic carbocycles. The largest absolute Gasteiger partial charge is 0.493 e. The second kappa shape index (κ2) is 12.4. The maximum Gasteiger partial charge on any atom is 0.188 e. The molecule has 0 heterocycles. The summed E-state index contributed by atoms with van der Waals surface area (Å²) in [4.78, 5) is 4.29. The lowest BCUT2D eigenvalue weighted by Crippen LogP contribution is -2.33. The first kappa shape index (κ1) is 20.8. The number of unbranched alkanes of at least 4 members (excludes halogenated alkanes) is 2. The fraction of sp³-hybridized carbons (Fsp3) is 0.562. The summed E-state index contributed by atoms with van der Waals surface area (Å²) in [5.74, 6) is 2.01. The smallest absolute Gasteiger partial charge is 0.188 e. The number of ether oxygens (including phenoxy) is 2.